The molecule has 4 rings (SSSR count). The van der Waals surface area contributed by atoms with Gasteiger partial charge in [0.15, 0.2) is 0 Å². The van der Waals surface area contributed by atoms with Gasteiger partial charge in [-0.15, -0.1) is 0 Å². The molecule has 90 valence electrons. The molecular weight excluding hydrogens is 208 g/mol. The van der Waals surface area contributed by atoms with Gasteiger partial charge in [0.2, 0.25) is 0 Å². The van der Waals surface area contributed by atoms with Gasteiger partial charge in [0.1, 0.15) is 0 Å². The highest BCUT2D eigenvalue weighted by molar-refractivity contribution is 5.45. The second-order valence-corrected chi connectivity index (χ2v) is 5.72. The molecule has 2 aliphatic heterocycles. The minimum Gasteiger partial charge on any atom is -0.347 e. The van der Waals surface area contributed by atoms with E-state index in [9.17, 15) is 0 Å². The van der Waals surface area contributed by atoms with Gasteiger partial charge in [-0.1, -0.05) is 12.2 Å². The molecule has 1 N–H and O–H groups in total. The van der Waals surface area contributed by atoms with Crippen molar-refractivity contribution >= 4 is 0 Å². The summed E-state index contributed by atoms with van der Waals surface area (Å²) in [5.74, 6) is 1.73. The first kappa shape index (κ1) is 9.95. The molecular formula is C15H20N2. The fourth-order valence-electron chi connectivity index (χ4n) is 3.57. The average molecular weight is 228 g/mol. The molecule has 0 unspecified atom stereocenters. The molecule has 0 aromatic heterocycles. The Bertz CT molecular complexity index is 426. The van der Waals surface area contributed by atoms with Crippen LogP contribution in [0.1, 0.15) is 25.7 Å². The van der Waals surface area contributed by atoms with Crippen LogP contribution in [0.2, 0.25) is 0 Å². The summed E-state index contributed by atoms with van der Waals surface area (Å²) in [5, 5.41) is 3.54. The van der Waals surface area contributed by atoms with Gasteiger partial charge in [0.25, 0.3) is 0 Å². The Balaban J connectivity index is 1.78. The van der Waals surface area contributed by atoms with Gasteiger partial charge >= 0.3 is 0 Å². The first-order chi connectivity index (χ1) is 8.43. The quantitative estimate of drug-likeness (QED) is 0.741. The van der Waals surface area contributed by atoms with Crippen LogP contribution in [0.25, 0.3) is 0 Å². The van der Waals surface area contributed by atoms with Crippen molar-refractivity contribution in [1.29, 1.82) is 0 Å². The topological polar surface area (TPSA) is 15.3 Å². The maximum atomic E-state index is 3.54. The third-order valence-corrected chi connectivity index (χ3v) is 4.55. The summed E-state index contributed by atoms with van der Waals surface area (Å²) in [6.07, 6.45) is 12.7. The lowest BCUT2D eigenvalue weighted by molar-refractivity contribution is 0.436. The van der Waals surface area contributed by atoms with Gasteiger partial charge in [-0.2, -0.15) is 0 Å². The summed E-state index contributed by atoms with van der Waals surface area (Å²) in [4.78, 5) is 2.49. The van der Waals surface area contributed by atoms with Crippen LogP contribution >= 0.6 is 0 Å². The SMILES string of the molecule is C1=CN2CCNCC3=CCCC(=C32)[C@@H]1C1CC1. The largest absolute Gasteiger partial charge is 0.347 e. The molecule has 0 radical (unpaired) electrons. The molecule has 0 aromatic carbocycles. The number of rotatable bonds is 1. The van der Waals surface area contributed by atoms with Gasteiger partial charge in [-0.25, -0.2) is 0 Å². The zero-order valence-corrected chi connectivity index (χ0v) is 10.3. The molecule has 1 saturated carbocycles. The minimum atomic E-state index is 0.767. The second kappa shape index (κ2) is 3.74. The number of hydrogen-bond donors (Lipinski definition) is 1. The van der Waals surface area contributed by atoms with Crippen LogP contribution in [0.3, 0.4) is 0 Å². The van der Waals surface area contributed by atoms with E-state index < -0.39 is 0 Å². The van der Waals surface area contributed by atoms with Crippen LogP contribution in [0, 0.1) is 11.8 Å². The molecule has 1 saturated heterocycles. The van der Waals surface area contributed by atoms with E-state index in [1.165, 1.54) is 25.7 Å². The number of nitrogens with zero attached hydrogens (tertiary/aromatic N) is 1. The smallest absolute Gasteiger partial charge is 0.0446 e. The molecule has 2 nitrogen and oxygen atoms in total. The van der Waals surface area contributed by atoms with Crippen LogP contribution in [-0.4, -0.2) is 24.5 Å². The van der Waals surface area contributed by atoms with Crippen molar-refractivity contribution in [3.8, 4) is 0 Å². The lowest BCUT2D eigenvalue weighted by Crippen LogP contribution is -2.28. The summed E-state index contributed by atoms with van der Waals surface area (Å²) in [7, 11) is 0. The Morgan fingerprint density at radius 1 is 1.29 bits per heavy atom. The molecule has 2 fully saturated rings. The fraction of sp³-hybridized carbons (Fsp3) is 0.600. The second-order valence-electron chi connectivity index (χ2n) is 5.72. The highest BCUT2D eigenvalue weighted by atomic mass is 15.2. The normalized spacial score (nSPS) is 32.1. The van der Waals surface area contributed by atoms with Crippen LogP contribution in [0.4, 0.5) is 0 Å². The van der Waals surface area contributed by atoms with Gasteiger partial charge in [-0.05, 0) is 42.7 Å². The average Bonchev–Trinajstić information content (AvgIpc) is 3.18. The highest BCUT2D eigenvalue weighted by Crippen LogP contribution is 2.47. The van der Waals surface area contributed by atoms with Gasteiger partial charge in [0.05, 0.1) is 0 Å². The Kier molecular flexibility index (Phi) is 2.19. The Labute approximate surface area is 103 Å². The van der Waals surface area contributed by atoms with Crippen LogP contribution in [-0.2, 0) is 0 Å². The van der Waals surface area contributed by atoms with Crippen LogP contribution in [0.5, 0.6) is 0 Å². The number of allylic oxidation sites excluding steroid dienone is 3. The van der Waals surface area contributed by atoms with Crippen molar-refractivity contribution in [3.63, 3.8) is 0 Å². The van der Waals surface area contributed by atoms with Crippen LogP contribution < -0.4 is 5.32 Å². The number of nitrogens with one attached hydrogen (secondary N) is 1. The summed E-state index contributed by atoms with van der Waals surface area (Å²) >= 11 is 0. The van der Waals surface area contributed by atoms with E-state index in [0.717, 1.165) is 31.5 Å². The fourth-order valence-corrected chi connectivity index (χ4v) is 3.57. The van der Waals surface area contributed by atoms with E-state index in [1.54, 1.807) is 16.8 Å². The van der Waals surface area contributed by atoms with E-state index in [4.69, 9.17) is 0 Å². The number of hydrogen-bond acceptors (Lipinski definition) is 2. The predicted molar refractivity (Wildman–Crippen MR) is 69.3 cm³/mol. The van der Waals surface area contributed by atoms with Crippen molar-refractivity contribution < 1.29 is 0 Å². The maximum absolute atomic E-state index is 3.54. The predicted octanol–water partition coefficient (Wildman–Crippen LogP) is 2.42. The van der Waals surface area contributed by atoms with Gasteiger partial charge < -0.3 is 10.2 Å². The monoisotopic (exact) mass is 228 g/mol. The van der Waals surface area contributed by atoms with Gasteiger partial charge in [-0.3, -0.25) is 0 Å². The summed E-state index contributed by atoms with van der Waals surface area (Å²) in [6, 6.07) is 0. The lowest BCUT2D eigenvalue weighted by Gasteiger charge is -2.35. The first-order valence-electron chi connectivity index (χ1n) is 7.01. The van der Waals surface area contributed by atoms with Gasteiger partial charge in [0, 0.05) is 37.4 Å². The molecule has 4 aliphatic rings. The lowest BCUT2D eigenvalue weighted by atomic mass is 9.82. The van der Waals surface area contributed by atoms with Crippen molar-refractivity contribution in [1.82, 2.24) is 10.2 Å². The van der Waals surface area contributed by atoms with E-state index >= 15 is 0 Å². The Morgan fingerprint density at radius 3 is 3.12 bits per heavy atom. The summed E-state index contributed by atoms with van der Waals surface area (Å²) < 4.78 is 0. The van der Waals surface area contributed by atoms with Crippen molar-refractivity contribution in [2.75, 3.05) is 19.6 Å². The molecule has 0 amide bonds. The Hall–Kier alpha value is -1.02. The van der Waals surface area contributed by atoms with Crippen LogP contribution in [0.15, 0.2) is 35.2 Å². The molecule has 0 aromatic rings. The van der Waals surface area contributed by atoms with Crippen molar-refractivity contribution in [3.05, 3.63) is 35.2 Å². The minimum absolute atomic E-state index is 0.767. The molecule has 2 heteroatoms. The van der Waals surface area contributed by atoms with Crippen molar-refractivity contribution in [2.45, 2.75) is 25.7 Å². The first-order valence-corrected chi connectivity index (χ1v) is 7.01. The highest BCUT2D eigenvalue weighted by Gasteiger charge is 2.37. The van der Waals surface area contributed by atoms with E-state index in [-0.39, 0.29) is 0 Å². The zero-order valence-electron chi connectivity index (χ0n) is 10.3. The summed E-state index contributed by atoms with van der Waals surface area (Å²) in [5.41, 5.74) is 4.88. The van der Waals surface area contributed by atoms with E-state index in [0.29, 0.717) is 0 Å². The molecule has 2 heterocycles. The molecule has 17 heavy (non-hydrogen) atoms. The maximum Gasteiger partial charge on any atom is 0.0446 e. The third-order valence-electron chi connectivity index (χ3n) is 4.55. The summed E-state index contributed by atoms with van der Waals surface area (Å²) in [6.45, 7) is 3.30. The Morgan fingerprint density at radius 2 is 2.24 bits per heavy atom. The van der Waals surface area contributed by atoms with E-state index in [2.05, 4.69) is 28.6 Å². The molecule has 0 spiro atoms. The third kappa shape index (κ3) is 1.58. The molecule has 2 aliphatic carbocycles. The molecule has 1 atom stereocenters. The van der Waals surface area contributed by atoms with E-state index in [1.807, 2.05) is 0 Å². The zero-order chi connectivity index (χ0) is 11.2. The molecule has 0 bridgehead atoms. The standard InChI is InChI=1S/C15H20N2/c1-2-12-10-16-7-9-17-8-6-13(11-4-5-11)14(3-1)15(12)17/h2,6,8,11,13,16H,1,3-5,7,9-10H2/t13-/m0/s1. The van der Waals surface area contributed by atoms with Crippen molar-refractivity contribution in [2.24, 2.45) is 11.8 Å².